The number of carbonyl (C=O) groups excluding carboxylic acids is 1. The summed E-state index contributed by atoms with van der Waals surface area (Å²) in [5.74, 6) is 0.586. The fraction of sp³-hybridized carbons (Fsp3) is 0.227. The Balaban J connectivity index is 1.66. The van der Waals surface area contributed by atoms with Crippen molar-refractivity contribution in [3.05, 3.63) is 66.2 Å². The molecule has 0 saturated carbocycles. The fourth-order valence-electron chi connectivity index (χ4n) is 3.28. The molecule has 3 aromatic carbocycles. The first-order valence-electron chi connectivity index (χ1n) is 9.23. The number of sulfone groups is 1. The van der Waals surface area contributed by atoms with E-state index in [0.29, 0.717) is 12.2 Å². The van der Waals surface area contributed by atoms with E-state index in [-0.39, 0.29) is 17.3 Å². The van der Waals surface area contributed by atoms with E-state index < -0.39 is 9.84 Å². The van der Waals surface area contributed by atoms with Crippen LogP contribution in [0.15, 0.2) is 65.6 Å². The normalized spacial score (nSPS) is 12.5. The molecule has 0 bridgehead atoms. The number of quaternary nitrogens is 1. The molecular weight excluding hydrogens is 388 g/mol. The van der Waals surface area contributed by atoms with Crippen LogP contribution in [0.3, 0.4) is 0 Å². The summed E-state index contributed by atoms with van der Waals surface area (Å²) in [6.07, 6.45) is 1.13. The Labute approximate surface area is 171 Å². The Morgan fingerprint density at radius 1 is 1.03 bits per heavy atom. The van der Waals surface area contributed by atoms with Crippen molar-refractivity contribution in [2.24, 2.45) is 0 Å². The molecule has 0 saturated heterocycles. The monoisotopic (exact) mass is 413 g/mol. The lowest BCUT2D eigenvalue weighted by Gasteiger charge is -2.15. The zero-order chi connectivity index (χ0) is 21.0. The third-order valence-electron chi connectivity index (χ3n) is 4.64. The molecule has 0 aliphatic heterocycles. The number of hydrogen-bond donors (Lipinski definition) is 2. The molecular formula is C22H25N2O4S+. The minimum absolute atomic E-state index is 0.121. The molecule has 6 nitrogen and oxygen atoms in total. The summed E-state index contributed by atoms with van der Waals surface area (Å²) in [7, 11) is 0.164. The van der Waals surface area contributed by atoms with Crippen molar-refractivity contribution in [2.75, 3.05) is 32.3 Å². The average molecular weight is 414 g/mol. The Bertz CT molecular complexity index is 1140. The second-order valence-electron chi connectivity index (χ2n) is 7.17. The smallest absolute Gasteiger partial charge is 0.279 e. The summed E-state index contributed by atoms with van der Waals surface area (Å²) < 4.78 is 29.0. The SMILES string of the molecule is COc1ccc2cc(C[NH+](C)CC(=O)Nc3ccccc3S(C)(=O)=O)ccc2c1. The zero-order valence-corrected chi connectivity index (χ0v) is 17.5. The van der Waals surface area contributed by atoms with Gasteiger partial charge in [0.1, 0.15) is 12.3 Å². The molecule has 0 spiro atoms. The zero-order valence-electron chi connectivity index (χ0n) is 16.7. The fourth-order valence-corrected chi connectivity index (χ4v) is 4.13. The van der Waals surface area contributed by atoms with Gasteiger partial charge in [-0.25, -0.2) is 8.42 Å². The molecule has 1 amide bonds. The van der Waals surface area contributed by atoms with Crippen molar-refractivity contribution >= 4 is 32.2 Å². The molecule has 0 aliphatic rings. The molecule has 0 heterocycles. The van der Waals surface area contributed by atoms with Gasteiger partial charge in [-0.05, 0) is 41.1 Å². The predicted octanol–water partition coefficient (Wildman–Crippen LogP) is 1.91. The number of anilines is 1. The maximum absolute atomic E-state index is 12.4. The maximum atomic E-state index is 12.4. The van der Waals surface area contributed by atoms with Crippen LogP contribution in [0.4, 0.5) is 5.69 Å². The number of methoxy groups -OCH3 is 1. The number of benzene rings is 3. The van der Waals surface area contributed by atoms with Gasteiger partial charge in [0.25, 0.3) is 5.91 Å². The first kappa shape index (κ1) is 20.8. The molecule has 0 radical (unpaired) electrons. The third-order valence-corrected chi connectivity index (χ3v) is 5.80. The van der Waals surface area contributed by atoms with Crippen LogP contribution in [0.2, 0.25) is 0 Å². The van der Waals surface area contributed by atoms with E-state index in [1.807, 2.05) is 37.4 Å². The largest absolute Gasteiger partial charge is 0.497 e. The van der Waals surface area contributed by atoms with Crippen LogP contribution in [0, 0.1) is 0 Å². The van der Waals surface area contributed by atoms with Crippen LogP contribution in [-0.2, 0) is 21.2 Å². The lowest BCUT2D eigenvalue weighted by Crippen LogP contribution is -3.08. The molecule has 152 valence electrons. The molecule has 1 unspecified atom stereocenters. The number of hydrogen-bond acceptors (Lipinski definition) is 4. The van der Waals surface area contributed by atoms with E-state index in [2.05, 4.69) is 11.4 Å². The van der Waals surface area contributed by atoms with E-state index in [0.717, 1.165) is 33.2 Å². The van der Waals surface area contributed by atoms with Crippen LogP contribution in [-0.4, -0.2) is 41.3 Å². The van der Waals surface area contributed by atoms with Gasteiger partial charge in [0.15, 0.2) is 16.4 Å². The summed E-state index contributed by atoms with van der Waals surface area (Å²) in [6, 6.07) is 18.6. The van der Waals surface area contributed by atoms with Gasteiger partial charge in [-0.15, -0.1) is 0 Å². The molecule has 0 aromatic heterocycles. The van der Waals surface area contributed by atoms with Gasteiger partial charge in [0.05, 0.1) is 24.7 Å². The van der Waals surface area contributed by atoms with Crippen LogP contribution < -0.4 is 15.0 Å². The lowest BCUT2D eigenvalue weighted by atomic mass is 10.1. The number of nitrogens with one attached hydrogen (secondary N) is 2. The topological polar surface area (TPSA) is 76.9 Å². The lowest BCUT2D eigenvalue weighted by molar-refractivity contribution is -0.885. The van der Waals surface area contributed by atoms with Crippen LogP contribution >= 0.6 is 0 Å². The van der Waals surface area contributed by atoms with Crippen LogP contribution in [0.5, 0.6) is 5.75 Å². The molecule has 1 atom stereocenters. The highest BCUT2D eigenvalue weighted by atomic mass is 32.2. The van der Waals surface area contributed by atoms with E-state index in [1.54, 1.807) is 25.3 Å². The predicted molar refractivity (Wildman–Crippen MR) is 114 cm³/mol. The van der Waals surface area contributed by atoms with Gasteiger partial charge >= 0.3 is 0 Å². The van der Waals surface area contributed by atoms with Gasteiger partial charge in [0.2, 0.25) is 0 Å². The van der Waals surface area contributed by atoms with Crippen molar-refractivity contribution in [2.45, 2.75) is 11.4 Å². The Kier molecular flexibility index (Phi) is 6.20. The van der Waals surface area contributed by atoms with Gasteiger partial charge < -0.3 is 15.0 Å². The van der Waals surface area contributed by atoms with Crippen molar-refractivity contribution in [1.29, 1.82) is 0 Å². The van der Waals surface area contributed by atoms with E-state index in [9.17, 15) is 13.2 Å². The van der Waals surface area contributed by atoms with Crippen molar-refractivity contribution in [1.82, 2.24) is 0 Å². The van der Waals surface area contributed by atoms with E-state index in [4.69, 9.17) is 4.74 Å². The van der Waals surface area contributed by atoms with E-state index in [1.165, 1.54) is 6.07 Å². The third kappa shape index (κ3) is 5.34. The standard InChI is InChI=1S/C22H24N2O4S/c1-24(14-16-8-9-18-13-19(28-2)11-10-17(18)12-16)15-22(25)23-20-6-4-5-7-21(20)29(3,26)27/h4-13H,14-15H2,1-3H3,(H,23,25)/p+1. The summed E-state index contributed by atoms with van der Waals surface area (Å²) in [5.41, 5.74) is 1.43. The highest BCUT2D eigenvalue weighted by Crippen LogP contribution is 2.22. The van der Waals surface area contributed by atoms with Gasteiger partial charge in [-0.2, -0.15) is 0 Å². The number of likely N-dealkylation sites (N-methyl/N-ethyl adjacent to an activating group) is 1. The molecule has 3 aromatic rings. The summed E-state index contributed by atoms with van der Waals surface area (Å²) in [6.45, 7) is 0.891. The van der Waals surface area contributed by atoms with Crippen molar-refractivity contribution < 1.29 is 22.8 Å². The maximum Gasteiger partial charge on any atom is 0.279 e. The summed E-state index contributed by atoms with van der Waals surface area (Å²) >= 11 is 0. The highest BCUT2D eigenvalue weighted by Gasteiger charge is 2.17. The number of para-hydroxylation sites is 1. The number of fused-ring (bicyclic) bond motifs is 1. The molecule has 29 heavy (non-hydrogen) atoms. The van der Waals surface area contributed by atoms with Crippen molar-refractivity contribution in [3.8, 4) is 5.75 Å². The van der Waals surface area contributed by atoms with E-state index >= 15 is 0 Å². The van der Waals surface area contributed by atoms with Gasteiger partial charge in [0, 0.05) is 11.8 Å². The first-order valence-corrected chi connectivity index (χ1v) is 11.1. The minimum atomic E-state index is -3.41. The van der Waals surface area contributed by atoms with Crippen LogP contribution in [0.25, 0.3) is 10.8 Å². The molecule has 7 heteroatoms. The molecule has 2 N–H and O–H groups in total. The average Bonchev–Trinajstić information content (AvgIpc) is 2.66. The Morgan fingerprint density at radius 2 is 1.72 bits per heavy atom. The highest BCUT2D eigenvalue weighted by molar-refractivity contribution is 7.90. The van der Waals surface area contributed by atoms with Crippen LogP contribution in [0.1, 0.15) is 5.56 Å². The first-order chi connectivity index (χ1) is 13.8. The molecule has 0 fully saturated rings. The minimum Gasteiger partial charge on any atom is -0.497 e. The number of amides is 1. The van der Waals surface area contributed by atoms with Gasteiger partial charge in [-0.1, -0.05) is 30.3 Å². The Hall–Kier alpha value is -2.90. The van der Waals surface area contributed by atoms with Crippen molar-refractivity contribution in [3.63, 3.8) is 0 Å². The summed E-state index contributed by atoms with van der Waals surface area (Å²) in [4.78, 5) is 13.5. The number of carbonyl (C=O) groups is 1. The molecule has 3 rings (SSSR count). The second-order valence-corrected chi connectivity index (χ2v) is 9.16. The quantitative estimate of drug-likeness (QED) is 0.620. The molecule has 0 aliphatic carbocycles. The number of ether oxygens (including phenoxy) is 1. The summed E-state index contributed by atoms with van der Waals surface area (Å²) in [5, 5.41) is 4.93. The number of rotatable bonds is 7. The van der Waals surface area contributed by atoms with Gasteiger partial charge in [-0.3, -0.25) is 4.79 Å². The Morgan fingerprint density at radius 3 is 2.45 bits per heavy atom. The second kappa shape index (κ2) is 8.63.